The number of phenols is 1. The van der Waals surface area contributed by atoms with E-state index in [-0.39, 0.29) is 35.6 Å². The zero-order chi connectivity index (χ0) is 20.0. The molecule has 0 aliphatic carbocycles. The summed E-state index contributed by atoms with van der Waals surface area (Å²) in [7, 11) is 0. The number of hydrogen-bond acceptors (Lipinski definition) is 4. The van der Waals surface area contributed by atoms with Gasteiger partial charge in [0.15, 0.2) is 5.96 Å². The molecule has 0 heterocycles. The third-order valence-electron chi connectivity index (χ3n) is 3.75. The minimum atomic E-state index is -0.206. The largest absolute Gasteiger partial charge is 0.508 e. The van der Waals surface area contributed by atoms with Crippen molar-refractivity contribution in [2.45, 2.75) is 13.3 Å². The summed E-state index contributed by atoms with van der Waals surface area (Å²) in [5.41, 5.74) is 0.442. The van der Waals surface area contributed by atoms with Gasteiger partial charge in [-0.05, 0) is 43.7 Å². The molecule has 0 saturated carbocycles. The highest BCUT2D eigenvalue weighted by Crippen LogP contribution is 2.10. The highest BCUT2D eigenvalue weighted by molar-refractivity contribution is 14.0. The van der Waals surface area contributed by atoms with Crippen LogP contribution in [0.1, 0.15) is 23.7 Å². The summed E-state index contributed by atoms with van der Waals surface area (Å²) in [6.07, 6.45) is 0.710. The Bertz CT molecular complexity index is 757. The molecule has 0 aromatic heterocycles. The van der Waals surface area contributed by atoms with E-state index >= 15 is 0 Å². The van der Waals surface area contributed by atoms with Crippen LogP contribution in [0.15, 0.2) is 59.6 Å². The van der Waals surface area contributed by atoms with E-state index in [1.165, 1.54) is 12.1 Å². The van der Waals surface area contributed by atoms with Crippen LogP contribution in [-0.4, -0.2) is 49.8 Å². The summed E-state index contributed by atoms with van der Waals surface area (Å²) >= 11 is 0. The molecule has 7 nitrogen and oxygen atoms in total. The maximum Gasteiger partial charge on any atom is 0.251 e. The number of phenolic OH excluding ortho intramolecular Hbond substituents is 1. The van der Waals surface area contributed by atoms with Crippen LogP contribution < -0.4 is 20.7 Å². The summed E-state index contributed by atoms with van der Waals surface area (Å²) in [6, 6.07) is 16.0. The SMILES string of the molecule is CCNC(=NCCCNC(=O)c1cccc(O)c1)NCCOc1ccccc1.I. The Kier molecular flexibility index (Phi) is 12.3. The third kappa shape index (κ3) is 10.0. The summed E-state index contributed by atoms with van der Waals surface area (Å²) in [4.78, 5) is 16.5. The molecule has 4 N–H and O–H groups in total. The number of carbonyl (C=O) groups is 1. The molecular formula is C21H29IN4O3. The molecule has 0 aliphatic rings. The first kappa shape index (κ1) is 24.5. The van der Waals surface area contributed by atoms with E-state index in [9.17, 15) is 9.90 Å². The van der Waals surface area contributed by atoms with Gasteiger partial charge in [-0.2, -0.15) is 0 Å². The van der Waals surface area contributed by atoms with Gasteiger partial charge in [-0.25, -0.2) is 0 Å². The average Bonchev–Trinajstić information content (AvgIpc) is 2.71. The second-order valence-electron chi connectivity index (χ2n) is 6.01. The van der Waals surface area contributed by atoms with Gasteiger partial charge in [0.05, 0.1) is 6.54 Å². The number of ether oxygens (including phenoxy) is 1. The number of rotatable bonds is 10. The average molecular weight is 512 g/mol. The minimum Gasteiger partial charge on any atom is -0.508 e. The third-order valence-corrected chi connectivity index (χ3v) is 3.75. The lowest BCUT2D eigenvalue weighted by Gasteiger charge is -2.12. The highest BCUT2D eigenvalue weighted by atomic mass is 127. The van der Waals surface area contributed by atoms with Crippen molar-refractivity contribution in [2.75, 3.05) is 32.8 Å². The first-order chi connectivity index (χ1) is 13.7. The molecule has 29 heavy (non-hydrogen) atoms. The highest BCUT2D eigenvalue weighted by Gasteiger charge is 2.05. The number of halogens is 1. The first-order valence-electron chi connectivity index (χ1n) is 9.46. The molecule has 0 aliphatic heterocycles. The van der Waals surface area contributed by atoms with Gasteiger partial charge >= 0.3 is 0 Å². The number of carbonyl (C=O) groups excluding carboxylic acids is 1. The second kappa shape index (κ2) is 14.5. The van der Waals surface area contributed by atoms with E-state index in [2.05, 4.69) is 20.9 Å². The Morgan fingerprint density at radius 1 is 1.03 bits per heavy atom. The molecule has 0 spiro atoms. The van der Waals surface area contributed by atoms with Crippen LogP contribution in [0.3, 0.4) is 0 Å². The normalized spacial score (nSPS) is 10.6. The predicted octanol–water partition coefficient (Wildman–Crippen LogP) is 2.76. The van der Waals surface area contributed by atoms with E-state index in [4.69, 9.17) is 4.74 Å². The lowest BCUT2D eigenvalue weighted by atomic mass is 10.2. The molecule has 0 fully saturated rings. The van der Waals surface area contributed by atoms with E-state index in [1.54, 1.807) is 12.1 Å². The van der Waals surface area contributed by atoms with Crippen molar-refractivity contribution >= 4 is 35.8 Å². The summed E-state index contributed by atoms with van der Waals surface area (Å²) in [5, 5.41) is 18.6. The Labute approximate surface area is 189 Å². The minimum absolute atomic E-state index is 0. The van der Waals surface area contributed by atoms with E-state index in [1.807, 2.05) is 37.3 Å². The van der Waals surface area contributed by atoms with Gasteiger partial charge in [0.25, 0.3) is 5.91 Å². The van der Waals surface area contributed by atoms with Crippen LogP contribution in [0, 0.1) is 0 Å². The number of guanidine groups is 1. The van der Waals surface area contributed by atoms with Crippen molar-refractivity contribution in [3.63, 3.8) is 0 Å². The van der Waals surface area contributed by atoms with Gasteiger partial charge in [-0.1, -0.05) is 24.3 Å². The lowest BCUT2D eigenvalue weighted by molar-refractivity contribution is 0.0953. The Balaban J connectivity index is 0.00000420. The van der Waals surface area contributed by atoms with Gasteiger partial charge in [-0.15, -0.1) is 24.0 Å². The van der Waals surface area contributed by atoms with Crippen molar-refractivity contribution < 1.29 is 14.6 Å². The number of nitrogens with one attached hydrogen (secondary N) is 3. The fraction of sp³-hybridized carbons (Fsp3) is 0.333. The fourth-order valence-electron chi connectivity index (χ4n) is 2.42. The van der Waals surface area contributed by atoms with E-state index in [0.29, 0.717) is 38.2 Å². The number of benzene rings is 2. The molecule has 0 unspecified atom stereocenters. The number of hydrogen-bond donors (Lipinski definition) is 4. The van der Waals surface area contributed by atoms with Gasteiger partial charge in [0.2, 0.25) is 0 Å². The maximum atomic E-state index is 12.0. The topological polar surface area (TPSA) is 95.0 Å². The zero-order valence-corrected chi connectivity index (χ0v) is 18.9. The molecule has 2 rings (SSSR count). The maximum absolute atomic E-state index is 12.0. The van der Waals surface area contributed by atoms with Gasteiger partial charge < -0.3 is 25.8 Å². The molecular weight excluding hydrogens is 483 g/mol. The van der Waals surface area contributed by atoms with Crippen molar-refractivity contribution in [3.8, 4) is 11.5 Å². The molecule has 2 aromatic carbocycles. The van der Waals surface area contributed by atoms with Gasteiger partial charge in [-0.3, -0.25) is 9.79 Å². The summed E-state index contributed by atoms with van der Waals surface area (Å²) in [6.45, 7) is 5.03. The van der Waals surface area contributed by atoms with Crippen molar-refractivity contribution in [1.29, 1.82) is 0 Å². The summed E-state index contributed by atoms with van der Waals surface area (Å²) in [5.74, 6) is 1.44. The van der Waals surface area contributed by atoms with Crippen LogP contribution in [-0.2, 0) is 0 Å². The number of nitrogens with zero attached hydrogens (tertiary/aromatic N) is 1. The Morgan fingerprint density at radius 3 is 2.55 bits per heavy atom. The zero-order valence-electron chi connectivity index (χ0n) is 16.6. The number of aromatic hydroxyl groups is 1. The number of amides is 1. The monoisotopic (exact) mass is 512 g/mol. The predicted molar refractivity (Wildman–Crippen MR) is 126 cm³/mol. The molecule has 1 amide bonds. The van der Waals surface area contributed by atoms with E-state index < -0.39 is 0 Å². The molecule has 0 atom stereocenters. The van der Waals surface area contributed by atoms with Crippen LogP contribution in [0.25, 0.3) is 0 Å². The lowest BCUT2D eigenvalue weighted by Crippen LogP contribution is -2.39. The first-order valence-corrected chi connectivity index (χ1v) is 9.46. The second-order valence-corrected chi connectivity index (χ2v) is 6.01. The molecule has 0 saturated heterocycles. The van der Waals surface area contributed by atoms with Crippen molar-refractivity contribution in [1.82, 2.24) is 16.0 Å². The standard InChI is InChI=1S/C21H28N4O3.HI/c1-2-22-21(25-14-15-28-19-10-4-3-5-11-19)24-13-7-12-23-20(27)17-8-6-9-18(26)16-17;/h3-6,8-11,16,26H,2,7,12-15H2,1H3,(H,23,27)(H2,22,24,25);1H. The Morgan fingerprint density at radius 2 is 1.83 bits per heavy atom. The number of aliphatic imine (C=N–C) groups is 1. The van der Waals surface area contributed by atoms with Gasteiger partial charge in [0, 0.05) is 25.2 Å². The van der Waals surface area contributed by atoms with Crippen LogP contribution in [0.5, 0.6) is 11.5 Å². The van der Waals surface area contributed by atoms with E-state index in [0.717, 1.165) is 18.3 Å². The number of para-hydroxylation sites is 1. The quantitative estimate of drug-likeness (QED) is 0.170. The molecule has 2 aromatic rings. The van der Waals surface area contributed by atoms with Crippen LogP contribution >= 0.6 is 24.0 Å². The van der Waals surface area contributed by atoms with Crippen LogP contribution in [0.4, 0.5) is 0 Å². The molecule has 0 bridgehead atoms. The molecule has 8 heteroatoms. The van der Waals surface area contributed by atoms with Crippen LogP contribution in [0.2, 0.25) is 0 Å². The van der Waals surface area contributed by atoms with Gasteiger partial charge in [0.1, 0.15) is 18.1 Å². The fourth-order valence-corrected chi connectivity index (χ4v) is 2.42. The molecule has 158 valence electrons. The smallest absolute Gasteiger partial charge is 0.251 e. The Hall–Kier alpha value is -2.49. The summed E-state index contributed by atoms with van der Waals surface area (Å²) < 4.78 is 5.64. The van der Waals surface area contributed by atoms with Crippen molar-refractivity contribution in [3.05, 3.63) is 60.2 Å². The van der Waals surface area contributed by atoms with Crippen molar-refractivity contribution in [2.24, 2.45) is 4.99 Å². The molecule has 0 radical (unpaired) electrons.